The topological polar surface area (TPSA) is 64.4 Å². The number of nitrogens with zero attached hydrogens (tertiary/aromatic N) is 1. The van der Waals surface area contributed by atoms with Crippen molar-refractivity contribution in [2.24, 2.45) is 0 Å². The van der Waals surface area contributed by atoms with Crippen LogP contribution in [0, 0.1) is 6.92 Å². The molecule has 0 aliphatic heterocycles. The molecule has 20 heavy (non-hydrogen) atoms. The lowest BCUT2D eigenvalue weighted by molar-refractivity contribution is 0.0502. The number of carbonyl (C=O) groups is 1. The molecule has 5 nitrogen and oxygen atoms in total. The lowest BCUT2D eigenvalue weighted by Gasteiger charge is -2.25. The van der Waals surface area contributed by atoms with E-state index < -0.39 is 5.60 Å². The van der Waals surface area contributed by atoms with Gasteiger partial charge in [0.2, 0.25) is 0 Å². The number of allylic oxidation sites excluding steroid dienone is 1. The van der Waals surface area contributed by atoms with Gasteiger partial charge in [-0.25, -0.2) is 9.78 Å². The average molecular weight is 278 g/mol. The first kappa shape index (κ1) is 14.6. The largest absolute Gasteiger partial charge is 0.444 e. The van der Waals surface area contributed by atoms with Gasteiger partial charge in [0.05, 0.1) is 6.20 Å². The first-order chi connectivity index (χ1) is 9.33. The van der Waals surface area contributed by atoms with Gasteiger partial charge in [-0.3, -0.25) is 0 Å². The molecule has 110 valence electrons. The van der Waals surface area contributed by atoms with Crippen molar-refractivity contribution in [3.05, 3.63) is 23.9 Å². The maximum Gasteiger partial charge on any atom is 0.407 e. The molecule has 1 aliphatic rings. The van der Waals surface area contributed by atoms with Gasteiger partial charge in [-0.15, -0.1) is 0 Å². The molecule has 1 aliphatic carbocycles. The fourth-order valence-electron chi connectivity index (χ4n) is 2.17. The number of hydrogen-bond acceptors (Lipinski definition) is 4. The van der Waals surface area contributed by atoms with Crippen molar-refractivity contribution in [3.63, 3.8) is 0 Å². The Hall–Kier alpha value is -1.78. The molecule has 1 aromatic heterocycles. The van der Waals surface area contributed by atoms with Crippen LogP contribution in [-0.4, -0.2) is 22.7 Å². The van der Waals surface area contributed by atoms with Crippen molar-refractivity contribution in [3.8, 4) is 0 Å². The molecular formula is C15H22N2O3. The van der Waals surface area contributed by atoms with Gasteiger partial charge in [-0.05, 0) is 45.6 Å². The lowest BCUT2D eigenvalue weighted by atomic mass is 9.94. The molecule has 5 heteroatoms. The van der Waals surface area contributed by atoms with Gasteiger partial charge >= 0.3 is 6.09 Å². The van der Waals surface area contributed by atoms with Gasteiger partial charge < -0.3 is 14.5 Å². The number of alkyl carbamates (subject to hydrolysis) is 1. The van der Waals surface area contributed by atoms with E-state index >= 15 is 0 Å². The van der Waals surface area contributed by atoms with Crippen molar-refractivity contribution in [2.75, 3.05) is 0 Å². The summed E-state index contributed by atoms with van der Waals surface area (Å²) in [4.78, 5) is 15.8. The summed E-state index contributed by atoms with van der Waals surface area (Å²) >= 11 is 0. The number of ether oxygens (including phenoxy) is 1. The number of amides is 1. The molecule has 0 spiro atoms. The number of rotatable bonds is 2. The summed E-state index contributed by atoms with van der Waals surface area (Å²) in [6.07, 6.45) is 6.04. The standard InChI is InChI=1S/C15H22N2O3/c1-10-16-9-13(19-10)11-5-7-12(8-6-11)17-14(18)20-15(2,3)4/h5,9,12H,6-8H2,1-4H3,(H,17,18). The molecule has 0 radical (unpaired) electrons. The normalized spacial score (nSPS) is 19.4. The zero-order chi connectivity index (χ0) is 14.8. The number of hydrogen-bond donors (Lipinski definition) is 1. The van der Waals surface area contributed by atoms with E-state index in [-0.39, 0.29) is 12.1 Å². The van der Waals surface area contributed by atoms with Crippen LogP contribution in [-0.2, 0) is 4.74 Å². The molecule has 0 bridgehead atoms. The molecule has 0 aromatic carbocycles. The van der Waals surface area contributed by atoms with Crippen LogP contribution in [0.25, 0.3) is 5.57 Å². The zero-order valence-electron chi connectivity index (χ0n) is 12.5. The maximum absolute atomic E-state index is 11.7. The van der Waals surface area contributed by atoms with Crippen molar-refractivity contribution < 1.29 is 13.9 Å². The molecular weight excluding hydrogens is 256 g/mol. The SMILES string of the molecule is Cc1ncc(C2=CCC(NC(=O)OC(C)(C)C)CC2)o1. The van der Waals surface area contributed by atoms with Crippen LogP contribution in [0.5, 0.6) is 0 Å². The Morgan fingerprint density at radius 2 is 2.25 bits per heavy atom. The molecule has 1 aromatic rings. The number of aromatic nitrogens is 1. The van der Waals surface area contributed by atoms with Crippen LogP contribution in [0.3, 0.4) is 0 Å². The second-order valence-electron chi connectivity index (χ2n) is 6.09. The first-order valence-corrected chi connectivity index (χ1v) is 6.95. The second-order valence-corrected chi connectivity index (χ2v) is 6.09. The summed E-state index contributed by atoms with van der Waals surface area (Å²) in [5.41, 5.74) is 0.699. The maximum atomic E-state index is 11.7. The molecule has 1 unspecified atom stereocenters. The highest BCUT2D eigenvalue weighted by molar-refractivity contribution is 5.69. The van der Waals surface area contributed by atoms with Crippen molar-refractivity contribution >= 4 is 11.7 Å². The van der Waals surface area contributed by atoms with Gasteiger partial charge in [-0.2, -0.15) is 0 Å². The Morgan fingerprint density at radius 1 is 1.50 bits per heavy atom. The highest BCUT2D eigenvalue weighted by atomic mass is 16.6. The predicted octanol–water partition coefficient (Wildman–Crippen LogP) is 3.44. The van der Waals surface area contributed by atoms with Gasteiger partial charge in [0.25, 0.3) is 0 Å². The van der Waals surface area contributed by atoms with E-state index in [2.05, 4.69) is 16.4 Å². The van der Waals surface area contributed by atoms with E-state index in [0.717, 1.165) is 30.6 Å². The predicted molar refractivity (Wildman–Crippen MR) is 76.2 cm³/mol. The number of carbonyl (C=O) groups excluding carboxylic acids is 1. The minimum atomic E-state index is -0.461. The highest BCUT2D eigenvalue weighted by Gasteiger charge is 2.22. The monoisotopic (exact) mass is 278 g/mol. The molecule has 1 heterocycles. The van der Waals surface area contributed by atoms with Gasteiger partial charge in [0.1, 0.15) is 11.4 Å². The van der Waals surface area contributed by atoms with Crippen LogP contribution in [0.15, 0.2) is 16.7 Å². The minimum Gasteiger partial charge on any atom is -0.444 e. The van der Waals surface area contributed by atoms with Crippen LogP contribution in [0.2, 0.25) is 0 Å². The van der Waals surface area contributed by atoms with Gasteiger partial charge in [-0.1, -0.05) is 6.08 Å². The Bertz CT molecular complexity index is 511. The zero-order valence-corrected chi connectivity index (χ0v) is 12.5. The fraction of sp³-hybridized carbons (Fsp3) is 0.600. The third-order valence-corrected chi connectivity index (χ3v) is 3.07. The van der Waals surface area contributed by atoms with E-state index in [1.807, 2.05) is 27.7 Å². The second kappa shape index (κ2) is 5.69. The minimum absolute atomic E-state index is 0.123. The summed E-state index contributed by atoms with van der Waals surface area (Å²) in [5.74, 6) is 1.51. The van der Waals surface area contributed by atoms with E-state index in [0.29, 0.717) is 5.89 Å². The van der Waals surface area contributed by atoms with E-state index in [1.165, 1.54) is 0 Å². The molecule has 1 N–H and O–H groups in total. The Labute approximate surface area is 119 Å². The summed E-state index contributed by atoms with van der Waals surface area (Å²) in [6.45, 7) is 7.41. The Morgan fingerprint density at radius 3 is 2.75 bits per heavy atom. The summed E-state index contributed by atoms with van der Waals surface area (Å²) in [5, 5.41) is 2.90. The van der Waals surface area contributed by atoms with Crippen LogP contribution >= 0.6 is 0 Å². The van der Waals surface area contributed by atoms with E-state index in [9.17, 15) is 4.79 Å². The van der Waals surface area contributed by atoms with Crippen LogP contribution < -0.4 is 5.32 Å². The highest BCUT2D eigenvalue weighted by Crippen LogP contribution is 2.27. The molecule has 2 rings (SSSR count). The molecule has 1 atom stereocenters. The van der Waals surface area contributed by atoms with E-state index in [4.69, 9.17) is 9.15 Å². The number of oxazole rings is 1. The number of nitrogens with one attached hydrogen (secondary N) is 1. The van der Waals surface area contributed by atoms with Gasteiger partial charge in [0.15, 0.2) is 5.89 Å². The quantitative estimate of drug-likeness (QED) is 0.900. The Kier molecular flexibility index (Phi) is 4.16. The third kappa shape index (κ3) is 4.11. The van der Waals surface area contributed by atoms with Crippen molar-refractivity contribution in [2.45, 2.75) is 58.6 Å². The van der Waals surface area contributed by atoms with E-state index in [1.54, 1.807) is 6.20 Å². The molecule has 0 fully saturated rings. The first-order valence-electron chi connectivity index (χ1n) is 6.95. The summed E-state index contributed by atoms with van der Waals surface area (Å²) < 4.78 is 10.8. The van der Waals surface area contributed by atoms with Gasteiger partial charge in [0, 0.05) is 13.0 Å². The molecule has 1 amide bonds. The summed E-state index contributed by atoms with van der Waals surface area (Å²) in [7, 11) is 0. The lowest BCUT2D eigenvalue weighted by Crippen LogP contribution is -2.39. The third-order valence-electron chi connectivity index (χ3n) is 3.07. The Balaban J connectivity index is 1.87. The molecule has 0 saturated heterocycles. The van der Waals surface area contributed by atoms with Crippen LogP contribution in [0.1, 0.15) is 51.7 Å². The fourth-order valence-corrected chi connectivity index (χ4v) is 2.17. The van der Waals surface area contributed by atoms with Crippen molar-refractivity contribution in [1.82, 2.24) is 10.3 Å². The number of aryl methyl sites for hydroxylation is 1. The molecule has 0 saturated carbocycles. The average Bonchev–Trinajstić information content (AvgIpc) is 2.74. The van der Waals surface area contributed by atoms with Crippen LogP contribution in [0.4, 0.5) is 4.79 Å². The van der Waals surface area contributed by atoms with Crippen molar-refractivity contribution in [1.29, 1.82) is 0 Å². The summed E-state index contributed by atoms with van der Waals surface area (Å²) in [6, 6.07) is 0.123. The smallest absolute Gasteiger partial charge is 0.407 e.